The Morgan fingerprint density at radius 3 is 2.52 bits per heavy atom. The molecule has 0 bridgehead atoms. The van der Waals surface area contributed by atoms with Crippen LogP contribution in [0.3, 0.4) is 0 Å². The number of sulfonamides is 1. The second-order valence-corrected chi connectivity index (χ2v) is 9.92. The van der Waals surface area contributed by atoms with Crippen LogP contribution >= 0.6 is 0 Å². The topological polar surface area (TPSA) is 91.5 Å². The average Bonchev–Trinajstić information content (AvgIpc) is 3.19. The quantitative estimate of drug-likeness (QED) is 0.620. The van der Waals surface area contributed by atoms with Crippen molar-refractivity contribution >= 4 is 32.5 Å². The van der Waals surface area contributed by atoms with E-state index in [2.05, 4.69) is 16.4 Å². The van der Waals surface area contributed by atoms with Gasteiger partial charge < -0.3 is 15.0 Å². The summed E-state index contributed by atoms with van der Waals surface area (Å²) in [6.07, 6.45) is 2.72. The van der Waals surface area contributed by atoms with Crippen molar-refractivity contribution in [1.82, 2.24) is 9.29 Å². The number of aromatic amines is 1. The highest BCUT2D eigenvalue weighted by molar-refractivity contribution is 7.89. The van der Waals surface area contributed by atoms with Gasteiger partial charge >= 0.3 is 0 Å². The van der Waals surface area contributed by atoms with Crippen molar-refractivity contribution in [1.29, 1.82) is 0 Å². The maximum Gasteiger partial charge on any atom is 0.272 e. The molecular weight excluding hydrogens is 414 g/mol. The lowest BCUT2D eigenvalue weighted by Gasteiger charge is -2.26. The van der Waals surface area contributed by atoms with E-state index in [-0.39, 0.29) is 16.6 Å². The van der Waals surface area contributed by atoms with E-state index in [0.717, 1.165) is 41.3 Å². The third kappa shape index (κ3) is 4.18. The average molecular weight is 442 g/mol. The summed E-state index contributed by atoms with van der Waals surface area (Å²) in [6.45, 7) is 5.01. The number of hydrogen-bond donors (Lipinski definition) is 2. The number of piperidine rings is 1. The molecule has 164 valence electrons. The molecule has 0 unspecified atom stereocenters. The molecular formula is C23H27N3O4S. The highest BCUT2D eigenvalue weighted by Gasteiger charge is 2.29. The first kappa shape index (κ1) is 21.4. The van der Waals surface area contributed by atoms with Gasteiger partial charge in [-0.25, -0.2) is 8.42 Å². The lowest BCUT2D eigenvalue weighted by atomic mass is 10.1. The Balaban J connectivity index is 1.64. The molecule has 0 atom stereocenters. The van der Waals surface area contributed by atoms with Crippen molar-refractivity contribution in [3.05, 3.63) is 53.2 Å². The molecule has 1 fully saturated rings. The van der Waals surface area contributed by atoms with Crippen molar-refractivity contribution in [3.8, 4) is 5.75 Å². The molecule has 1 aliphatic rings. The van der Waals surface area contributed by atoms with Gasteiger partial charge in [0.05, 0.1) is 7.11 Å². The molecule has 1 aromatic heterocycles. The number of amides is 1. The van der Waals surface area contributed by atoms with E-state index in [1.54, 1.807) is 12.1 Å². The first-order valence-corrected chi connectivity index (χ1v) is 11.8. The smallest absolute Gasteiger partial charge is 0.272 e. The fourth-order valence-corrected chi connectivity index (χ4v) is 5.82. The third-order valence-electron chi connectivity index (χ3n) is 5.69. The minimum Gasteiger partial charge on any atom is -0.495 e. The zero-order valence-corrected chi connectivity index (χ0v) is 18.8. The maximum atomic E-state index is 13.2. The Hall–Kier alpha value is -2.84. The van der Waals surface area contributed by atoms with Gasteiger partial charge in [0.2, 0.25) is 10.0 Å². The van der Waals surface area contributed by atoms with Gasteiger partial charge in [0.1, 0.15) is 16.3 Å². The predicted octanol–water partition coefficient (Wildman–Crippen LogP) is 4.22. The van der Waals surface area contributed by atoms with E-state index in [1.165, 1.54) is 17.5 Å². The van der Waals surface area contributed by atoms with Crippen LogP contribution in [-0.2, 0) is 10.0 Å². The number of carbonyl (C=O) groups is 1. The largest absolute Gasteiger partial charge is 0.495 e. The first-order chi connectivity index (χ1) is 14.8. The minimum atomic E-state index is -3.71. The van der Waals surface area contributed by atoms with Gasteiger partial charge in [0.25, 0.3) is 5.91 Å². The van der Waals surface area contributed by atoms with E-state index in [9.17, 15) is 13.2 Å². The number of ether oxygens (including phenoxy) is 1. The van der Waals surface area contributed by atoms with Crippen LogP contribution in [0.5, 0.6) is 5.75 Å². The van der Waals surface area contributed by atoms with Crippen molar-refractivity contribution < 1.29 is 17.9 Å². The van der Waals surface area contributed by atoms with Crippen molar-refractivity contribution in [2.45, 2.75) is 38.0 Å². The molecule has 1 saturated heterocycles. The number of fused-ring (bicyclic) bond motifs is 1. The van der Waals surface area contributed by atoms with Gasteiger partial charge in [-0.15, -0.1) is 0 Å². The van der Waals surface area contributed by atoms with Crippen LogP contribution < -0.4 is 10.1 Å². The summed E-state index contributed by atoms with van der Waals surface area (Å²) in [5, 5.41) is 3.80. The number of anilines is 1. The standard InChI is InChI=1S/C23H27N3O4S/c1-15-11-16(2)18-14-20(25-19(18)12-15)23(27)24-17-7-8-21(30-3)22(13-17)31(28,29)26-9-5-4-6-10-26/h7-8,11-14,25H,4-6,9-10H2,1-3H3,(H,24,27). The van der Waals surface area contributed by atoms with Crippen LogP contribution in [-0.4, -0.2) is 43.8 Å². The zero-order chi connectivity index (χ0) is 22.2. The molecule has 8 heteroatoms. The summed E-state index contributed by atoms with van der Waals surface area (Å²) < 4.78 is 33.2. The van der Waals surface area contributed by atoms with E-state index in [1.807, 2.05) is 26.0 Å². The van der Waals surface area contributed by atoms with E-state index < -0.39 is 10.0 Å². The molecule has 0 aliphatic carbocycles. The summed E-state index contributed by atoms with van der Waals surface area (Å²) in [6, 6.07) is 10.6. The zero-order valence-electron chi connectivity index (χ0n) is 18.0. The molecule has 1 amide bonds. The molecule has 2 N–H and O–H groups in total. The predicted molar refractivity (Wildman–Crippen MR) is 121 cm³/mol. The summed E-state index contributed by atoms with van der Waals surface area (Å²) in [7, 11) is -2.27. The molecule has 2 aromatic carbocycles. The third-order valence-corrected chi connectivity index (χ3v) is 7.61. The normalized spacial score (nSPS) is 15.2. The Morgan fingerprint density at radius 2 is 1.81 bits per heavy atom. The van der Waals surface area contributed by atoms with Crippen LogP contribution in [0.15, 0.2) is 41.3 Å². The number of H-pyrrole nitrogens is 1. The Morgan fingerprint density at radius 1 is 1.06 bits per heavy atom. The van der Waals surface area contributed by atoms with Crippen molar-refractivity contribution in [2.24, 2.45) is 0 Å². The number of nitrogens with zero attached hydrogens (tertiary/aromatic N) is 1. The number of nitrogens with one attached hydrogen (secondary N) is 2. The van der Waals surface area contributed by atoms with Crippen LogP contribution in [0.2, 0.25) is 0 Å². The number of aromatic nitrogens is 1. The Bertz CT molecular complexity index is 1240. The van der Waals surface area contributed by atoms with Crippen LogP contribution in [0.1, 0.15) is 40.9 Å². The second kappa shape index (κ2) is 8.36. The number of rotatable bonds is 5. The lowest BCUT2D eigenvalue weighted by molar-refractivity contribution is 0.102. The van der Waals surface area contributed by atoms with E-state index >= 15 is 0 Å². The fourth-order valence-electron chi connectivity index (χ4n) is 4.12. The van der Waals surface area contributed by atoms with Crippen LogP contribution in [0.25, 0.3) is 10.9 Å². The molecule has 2 heterocycles. The first-order valence-electron chi connectivity index (χ1n) is 10.4. The van der Waals surface area contributed by atoms with Gasteiger partial charge in [-0.05, 0) is 68.1 Å². The highest BCUT2D eigenvalue weighted by atomic mass is 32.2. The summed E-state index contributed by atoms with van der Waals surface area (Å²) in [5.74, 6) is -0.0694. The summed E-state index contributed by atoms with van der Waals surface area (Å²) in [5.41, 5.74) is 3.91. The lowest BCUT2D eigenvalue weighted by Crippen LogP contribution is -2.35. The maximum absolute atomic E-state index is 13.2. The van der Waals surface area contributed by atoms with Crippen molar-refractivity contribution in [3.63, 3.8) is 0 Å². The number of methoxy groups -OCH3 is 1. The van der Waals surface area contributed by atoms with Crippen molar-refractivity contribution in [2.75, 3.05) is 25.5 Å². The molecule has 1 aliphatic heterocycles. The molecule has 31 heavy (non-hydrogen) atoms. The Kier molecular flexibility index (Phi) is 5.77. The number of benzene rings is 2. The highest BCUT2D eigenvalue weighted by Crippen LogP contribution is 2.31. The van der Waals surface area contributed by atoms with Gasteiger partial charge in [-0.2, -0.15) is 4.31 Å². The SMILES string of the molecule is COc1ccc(NC(=O)c2cc3c(C)cc(C)cc3[nH]2)cc1S(=O)(=O)N1CCCCC1. The number of carbonyl (C=O) groups excluding carboxylic acids is 1. The molecule has 3 aromatic rings. The van der Waals surface area contributed by atoms with E-state index in [0.29, 0.717) is 24.5 Å². The van der Waals surface area contributed by atoms with Crippen LogP contribution in [0.4, 0.5) is 5.69 Å². The van der Waals surface area contributed by atoms with Crippen LogP contribution in [0, 0.1) is 13.8 Å². The minimum absolute atomic E-state index is 0.0674. The number of hydrogen-bond acceptors (Lipinski definition) is 4. The molecule has 7 nitrogen and oxygen atoms in total. The van der Waals surface area contributed by atoms with E-state index in [4.69, 9.17) is 4.74 Å². The molecule has 0 saturated carbocycles. The molecule has 4 rings (SSSR count). The fraction of sp³-hybridized carbons (Fsp3) is 0.348. The van der Waals surface area contributed by atoms with Gasteiger partial charge in [-0.3, -0.25) is 4.79 Å². The second-order valence-electron chi connectivity index (χ2n) is 8.01. The number of aryl methyl sites for hydroxylation is 2. The summed E-state index contributed by atoms with van der Waals surface area (Å²) in [4.78, 5) is 16.1. The molecule has 0 radical (unpaired) electrons. The van der Waals surface area contributed by atoms with Gasteiger partial charge in [0.15, 0.2) is 0 Å². The van der Waals surface area contributed by atoms with Gasteiger partial charge in [0, 0.05) is 29.7 Å². The monoisotopic (exact) mass is 441 g/mol. The Labute approximate surface area is 182 Å². The summed E-state index contributed by atoms with van der Waals surface area (Å²) >= 11 is 0. The molecule has 0 spiro atoms. The van der Waals surface area contributed by atoms with Gasteiger partial charge in [-0.1, -0.05) is 12.5 Å².